The fourth-order valence-electron chi connectivity index (χ4n) is 2.73. The van der Waals surface area contributed by atoms with Gasteiger partial charge in [0, 0.05) is 30.6 Å². The van der Waals surface area contributed by atoms with Gasteiger partial charge in [-0.05, 0) is 37.0 Å². The van der Waals surface area contributed by atoms with Crippen molar-refractivity contribution in [3.05, 3.63) is 54.4 Å². The fraction of sp³-hybridized carbons (Fsp3) is 0.375. The maximum absolute atomic E-state index is 13.8. The van der Waals surface area contributed by atoms with E-state index in [1.807, 2.05) is 18.2 Å². The van der Waals surface area contributed by atoms with Crippen LogP contribution in [0.5, 0.6) is 0 Å². The summed E-state index contributed by atoms with van der Waals surface area (Å²) in [6.07, 6.45) is 6.50. The molecule has 2 heterocycles. The monoisotopic (exact) mass is 287 g/mol. The minimum atomic E-state index is -0.358. The average Bonchev–Trinajstić information content (AvgIpc) is 2.47. The largest absolute Gasteiger partial charge is 0.393 e. The highest BCUT2D eigenvalue weighted by molar-refractivity contribution is 5.44. The van der Waals surface area contributed by atoms with E-state index in [4.69, 9.17) is 0 Å². The van der Waals surface area contributed by atoms with E-state index >= 15 is 0 Å². The number of hydrogen-bond acceptors (Lipinski definition) is 4. The Morgan fingerprint density at radius 2 is 2.14 bits per heavy atom. The zero-order valence-electron chi connectivity index (χ0n) is 11.6. The van der Waals surface area contributed by atoms with E-state index in [0.29, 0.717) is 18.0 Å². The van der Waals surface area contributed by atoms with Gasteiger partial charge in [-0.15, -0.1) is 0 Å². The summed E-state index contributed by atoms with van der Waals surface area (Å²) in [6, 6.07) is 7.48. The lowest BCUT2D eigenvalue weighted by Crippen LogP contribution is -2.42. The van der Waals surface area contributed by atoms with Crippen molar-refractivity contribution >= 4 is 5.69 Å². The summed E-state index contributed by atoms with van der Waals surface area (Å²) in [5.74, 6) is -0.0297. The molecule has 2 N–H and O–H groups in total. The molecule has 0 aliphatic heterocycles. The van der Waals surface area contributed by atoms with E-state index in [-0.39, 0.29) is 18.0 Å². The Hall–Kier alpha value is -2.01. The van der Waals surface area contributed by atoms with Gasteiger partial charge in [-0.25, -0.2) is 4.39 Å². The Labute approximate surface area is 123 Å². The zero-order chi connectivity index (χ0) is 14.7. The lowest BCUT2D eigenvalue weighted by atomic mass is 9.76. The minimum Gasteiger partial charge on any atom is -0.393 e. The molecule has 1 aliphatic carbocycles. The molecule has 5 heteroatoms. The summed E-state index contributed by atoms with van der Waals surface area (Å²) in [6.45, 7) is 0. The SMILES string of the molecule is OC1CC([C@@H](Cc2ccccn2)Nc2ccncc2F)C1. The topological polar surface area (TPSA) is 58.0 Å². The summed E-state index contributed by atoms with van der Waals surface area (Å²) in [5, 5.41) is 12.8. The van der Waals surface area contributed by atoms with Gasteiger partial charge in [-0.2, -0.15) is 0 Å². The van der Waals surface area contributed by atoms with Crippen LogP contribution in [0.3, 0.4) is 0 Å². The Bertz CT molecular complexity index is 587. The molecule has 0 radical (unpaired) electrons. The van der Waals surface area contributed by atoms with Crippen molar-refractivity contribution in [1.82, 2.24) is 9.97 Å². The number of anilines is 1. The van der Waals surface area contributed by atoms with Crippen molar-refractivity contribution < 1.29 is 9.50 Å². The molecular weight excluding hydrogens is 269 g/mol. The van der Waals surface area contributed by atoms with E-state index in [1.165, 1.54) is 6.20 Å². The third kappa shape index (κ3) is 3.36. The first-order chi connectivity index (χ1) is 10.2. The maximum atomic E-state index is 13.8. The number of aliphatic hydroxyl groups excluding tert-OH is 1. The highest BCUT2D eigenvalue weighted by Crippen LogP contribution is 2.33. The summed E-state index contributed by atoms with van der Waals surface area (Å²) in [7, 11) is 0. The standard InChI is InChI=1S/C16H18FN3O/c17-14-10-18-6-4-15(14)20-16(11-7-13(21)8-11)9-12-3-1-2-5-19-12/h1-6,10-11,13,16,21H,7-9H2,(H,18,20)/t11?,13?,16-/m1/s1. The fourth-order valence-corrected chi connectivity index (χ4v) is 2.73. The molecule has 3 rings (SSSR count). The lowest BCUT2D eigenvalue weighted by Gasteiger charge is -2.38. The molecule has 21 heavy (non-hydrogen) atoms. The van der Waals surface area contributed by atoms with Gasteiger partial charge < -0.3 is 10.4 Å². The van der Waals surface area contributed by atoms with Gasteiger partial charge in [0.15, 0.2) is 5.82 Å². The van der Waals surface area contributed by atoms with E-state index in [0.717, 1.165) is 18.5 Å². The van der Waals surface area contributed by atoms with Crippen molar-refractivity contribution in [3.8, 4) is 0 Å². The number of halogens is 1. The zero-order valence-corrected chi connectivity index (χ0v) is 11.6. The van der Waals surface area contributed by atoms with Gasteiger partial charge in [-0.1, -0.05) is 6.07 Å². The van der Waals surface area contributed by atoms with Crippen LogP contribution in [0.15, 0.2) is 42.9 Å². The van der Waals surface area contributed by atoms with Crippen LogP contribution in [0, 0.1) is 11.7 Å². The van der Waals surface area contributed by atoms with Crippen molar-refractivity contribution in [1.29, 1.82) is 0 Å². The predicted molar refractivity (Wildman–Crippen MR) is 78.3 cm³/mol. The molecule has 2 aromatic heterocycles. The normalized spacial score (nSPS) is 22.4. The third-order valence-electron chi connectivity index (χ3n) is 3.99. The van der Waals surface area contributed by atoms with Crippen LogP contribution in [0.1, 0.15) is 18.5 Å². The number of rotatable bonds is 5. The minimum absolute atomic E-state index is 0.0557. The molecule has 110 valence electrons. The smallest absolute Gasteiger partial charge is 0.164 e. The molecule has 0 amide bonds. The van der Waals surface area contributed by atoms with Gasteiger partial charge >= 0.3 is 0 Å². The van der Waals surface area contributed by atoms with Crippen molar-refractivity contribution in [2.75, 3.05) is 5.32 Å². The van der Waals surface area contributed by atoms with E-state index in [9.17, 15) is 9.50 Å². The van der Waals surface area contributed by atoms with Crippen molar-refractivity contribution in [3.63, 3.8) is 0 Å². The van der Waals surface area contributed by atoms with Crippen LogP contribution in [0.2, 0.25) is 0 Å². The lowest BCUT2D eigenvalue weighted by molar-refractivity contribution is 0.0340. The van der Waals surface area contributed by atoms with E-state index in [1.54, 1.807) is 18.5 Å². The first kappa shape index (κ1) is 13.9. The van der Waals surface area contributed by atoms with Gasteiger partial charge in [0.25, 0.3) is 0 Å². The summed E-state index contributed by atoms with van der Waals surface area (Å²) >= 11 is 0. The van der Waals surface area contributed by atoms with E-state index < -0.39 is 0 Å². The molecule has 0 saturated heterocycles. The number of pyridine rings is 2. The molecule has 0 aromatic carbocycles. The first-order valence-electron chi connectivity index (χ1n) is 7.16. The van der Waals surface area contributed by atoms with Crippen LogP contribution in [0.4, 0.5) is 10.1 Å². The summed E-state index contributed by atoms with van der Waals surface area (Å²) in [5.41, 5.74) is 1.41. The summed E-state index contributed by atoms with van der Waals surface area (Å²) in [4.78, 5) is 8.09. The predicted octanol–water partition coefficient (Wildman–Crippen LogP) is 2.41. The second kappa shape index (κ2) is 6.18. The molecule has 1 aliphatic rings. The average molecular weight is 287 g/mol. The van der Waals surface area contributed by atoms with Crippen LogP contribution >= 0.6 is 0 Å². The van der Waals surface area contributed by atoms with Crippen molar-refractivity contribution in [2.45, 2.75) is 31.4 Å². The molecule has 1 fully saturated rings. The molecule has 1 saturated carbocycles. The number of nitrogens with zero attached hydrogens (tertiary/aromatic N) is 2. The highest BCUT2D eigenvalue weighted by Gasteiger charge is 2.34. The van der Waals surface area contributed by atoms with Crippen LogP contribution < -0.4 is 5.32 Å². The van der Waals surface area contributed by atoms with Crippen LogP contribution in [-0.4, -0.2) is 27.2 Å². The van der Waals surface area contributed by atoms with E-state index in [2.05, 4.69) is 15.3 Å². The molecule has 0 spiro atoms. The van der Waals surface area contributed by atoms with Gasteiger partial charge in [0.2, 0.25) is 0 Å². The van der Waals surface area contributed by atoms with Gasteiger partial charge in [0.1, 0.15) is 0 Å². The van der Waals surface area contributed by atoms with Gasteiger partial charge in [-0.3, -0.25) is 9.97 Å². The molecule has 0 bridgehead atoms. The Morgan fingerprint density at radius 1 is 1.29 bits per heavy atom. The number of nitrogens with one attached hydrogen (secondary N) is 1. The van der Waals surface area contributed by atoms with Crippen LogP contribution in [-0.2, 0) is 6.42 Å². The molecule has 0 unspecified atom stereocenters. The number of aromatic nitrogens is 2. The Morgan fingerprint density at radius 3 is 2.81 bits per heavy atom. The second-order valence-electron chi connectivity index (χ2n) is 5.52. The number of aliphatic hydroxyl groups is 1. The quantitative estimate of drug-likeness (QED) is 0.886. The molecule has 1 atom stereocenters. The molecule has 2 aromatic rings. The maximum Gasteiger partial charge on any atom is 0.164 e. The number of hydrogen-bond donors (Lipinski definition) is 2. The summed E-state index contributed by atoms with van der Waals surface area (Å²) < 4.78 is 13.8. The third-order valence-corrected chi connectivity index (χ3v) is 3.99. The Balaban J connectivity index is 1.75. The highest BCUT2D eigenvalue weighted by atomic mass is 19.1. The van der Waals surface area contributed by atoms with Gasteiger partial charge in [0.05, 0.1) is 18.0 Å². The second-order valence-corrected chi connectivity index (χ2v) is 5.52. The molecular formula is C16H18FN3O. The molecule has 4 nitrogen and oxygen atoms in total. The van der Waals surface area contributed by atoms with Crippen LogP contribution in [0.25, 0.3) is 0 Å². The first-order valence-corrected chi connectivity index (χ1v) is 7.16. The Kier molecular flexibility index (Phi) is 4.10. The van der Waals surface area contributed by atoms with Crippen molar-refractivity contribution in [2.24, 2.45) is 5.92 Å².